The minimum Gasteiger partial charge on any atom is -0.391 e. The summed E-state index contributed by atoms with van der Waals surface area (Å²) in [6, 6.07) is 36.5. The smallest absolute Gasteiger partial charge is 0.246 e. The Kier molecular flexibility index (Phi) is 14.3. The summed E-state index contributed by atoms with van der Waals surface area (Å²) in [5, 5.41) is 26.4. The number of amides is 6. The molecule has 338 valence electrons. The summed E-state index contributed by atoms with van der Waals surface area (Å²) < 4.78 is 0. The molecule has 3 heterocycles. The van der Waals surface area contributed by atoms with Crippen LogP contribution in [0.15, 0.2) is 152 Å². The highest BCUT2D eigenvalue weighted by Crippen LogP contribution is 2.23. The molecule has 2 fully saturated rings. The third-order valence-corrected chi connectivity index (χ3v) is 12.2. The zero-order valence-corrected chi connectivity index (χ0v) is 36.3. The van der Waals surface area contributed by atoms with Crippen molar-refractivity contribution in [2.75, 3.05) is 6.54 Å². The van der Waals surface area contributed by atoms with Crippen molar-refractivity contribution in [3.05, 3.63) is 180 Å². The van der Waals surface area contributed by atoms with Gasteiger partial charge in [-0.1, -0.05) is 140 Å². The standard InChI is InChI=1S/C52H53N7O7/c60-38-30-46-51(65)57-43(27-35-19-9-3-10-20-35)49(63)55-41(25-33-15-5-1-6-16-33)47(61)54-42(26-34-17-7-2-8-18-34)48(62)56-44(29-37-31-53-40-24-14-13-23-39(37)40)50(64)58-45(52(66)59(46)32-38)28-36-21-11-4-12-22-36/h1-24,31,38,41-46,53,60H,25-30,32H2,(H,54,61)(H,55,63)(H,56,62)(H,57,65)(H,58,64)/t38-,41+,42+,43+,44-,45+,46-/m1/s1. The summed E-state index contributed by atoms with van der Waals surface area (Å²) >= 11 is 0. The molecule has 2 aliphatic heterocycles. The monoisotopic (exact) mass is 887 g/mol. The SMILES string of the molecule is O=C1N[C@@H](Cc2ccccc2)C(=O)N[C@H](Cc2c[nH]c3ccccc23)C(=O)N[C@@H](Cc2ccccc2)C(=O)N2C[C@H](O)C[C@@H]2C(=O)N[C@@H](Cc2ccccc2)C(=O)N[C@H]1Cc1ccccc1. The molecule has 0 unspecified atom stereocenters. The highest BCUT2D eigenvalue weighted by molar-refractivity contribution is 5.99. The molecule has 7 N–H and O–H groups in total. The van der Waals surface area contributed by atoms with Crippen LogP contribution in [0, 0.1) is 0 Å². The first-order valence-electron chi connectivity index (χ1n) is 22.3. The molecule has 0 bridgehead atoms. The van der Waals surface area contributed by atoms with Crippen molar-refractivity contribution in [1.29, 1.82) is 0 Å². The zero-order valence-electron chi connectivity index (χ0n) is 36.3. The molecule has 2 aliphatic rings. The van der Waals surface area contributed by atoms with Crippen LogP contribution in [0.2, 0.25) is 0 Å². The predicted octanol–water partition coefficient (Wildman–Crippen LogP) is 3.08. The van der Waals surface area contributed by atoms with Gasteiger partial charge in [0.1, 0.15) is 36.3 Å². The Morgan fingerprint density at radius 1 is 0.439 bits per heavy atom. The molecule has 5 aromatic carbocycles. The van der Waals surface area contributed by atoms with E-state index >= 15 is 0 Å². The number of benzene rings is 5. The summed E-state index contributed by atoms with van der Waals surface area (Å²) in [5.74, 6) is -3.97. The van der Waals surface area contributed by atoms with Gasteiger partial charge >= 0.3 is 0 Å². The molecule has 1 aromatic heterocycles. The predicted molar refractivity (Wildman–Crippen MR) is 248 cm³/mol. The van der Waals surface area contributed by atoms with Crippen LogP contribution in [0.1, 0.15) is 34.2 Å². The van der Waals surface area contributed by atoms with Crippen LogP contribution >= 0.6 is 0 Å². The van der Waals surface area contributed by atoms with E-state index in [1.54, 1.807) is 18.3 Å². The number of nitrogens with zero attached hydrogens (tertiary/aromatic N) is 1. The molecule has 0 aliphatic carbocycles. The van der Waals surface area contributed by atoms with E-state index in [-0.39, 0.29) is 45.1 Å². The lowest BCUT2D eigenvalue weighted by Crippen LogP contribution is -2.62. The molecule has 0 saturated carbocycles. The molecule has 6 aromatic rings. The van der Waals surface area contributed by atoms with Crippen LogP contribution in [-0.2, 0) is 60.9 Å². The second-order valence-electron chi connectivity index (χ2n) is 17.0. The van der Waals surface area contributed by atoms with Crippen LogP contribution in [0.4, 0.5) is 0 Å². The fourth-order valence-corrected chi connectivity index (χ4v) is 8.82. The molecule has 0 spiro atoms. The number of nitrogens with one attached hydrogen (secondary N) is 6. The van der Waals surface area contributed by atoms with Gasteiger partial charge in [0.15, 0.2) is 0 Å². The van der Waals surface area contributed by atoms with E-state index in [0.29, 0.717) is 5.56 Å². The van der Waals surface area contributed by atoms with Gasteiger partial charge in [-0.3, -0.25) is 28.8 Å². The average Bonchev–Trinajstić information content (AvgIpc) is 3.94. The van der Waals surface area contributed by atoms with Crippen molar-refractivity contribution in [3.8, 4) is 0 Å². The summed E-state index contributed by atoms with van der Waals surface area (Å²) in [5.41, 5.74) is 4.42. The third-order valence-electron chi connectivity index (χ3n) is 12.2. The lowest BCUT2D eigenvalue weighted by atomic mass is 9.99. The van der Waals surface area contributed by atoms with E-state index < -0.39 is 77.8 Å². The summed E-state index contributed by atoms with van der Waals surface area (Å²) in [7, 11) is 0. The fourth-order valence-electron chi connectivity index (χ4n) is 8.82. The highest BCUT2D eigenvalue weighted by Gasteiger charge is 2.43. The molecule has 2 saturated heterocycles. The summed E-state index contributed by atoms with van der Waals surface area (Å²) in [6.07, 6.45) is 0.694. The Morgan fingerprint density at radius 2 is 0.803 bits per heavy atom. The first-order chi connectivity index (χ1) is 32.1. The maximum Gasteiger partial charge on any atom is 0.246 e. The minimum absolute atomic E-state index is 0.00277. The zero-order chi connectivity index (χ0) is 46.0. The second-order valence-corrected chi connectivity index (χ2v) is 17.0. The molecule has 6 amide bonds. The molecule has 14 heteroatoms. The van der Waals surface area contributed by atoms with Crippen LogP contribution in [0.3, 0.4) is 0 Å². The Morgan fingerprint density at radius 3 is 1.26 bits per heavy atom. The molecular formula is C52H53N7O7. The molecule has 14 nitrogen and oxygen atoms in total. The Bertz CT molecular complexity index is 2640. The van der Waals surface area contributed by atoms with Crippen molar-refractivity contribution in [2.24, 2.45) is 0 Å². The number of H-pyrrole nitrogens is 1. The average molecular weight is 888 g/mol. The van der Waals surface area contributed by atoms with Gasteiger partial charge in [0.25, 0.3) is 0 Å². The number of carbonyl (C=O) groups excluding carboxylic acids is 6. The van der Waals surface area contributed by atoms with Gasteiger partial charge in [-0.15, -0.1) is 0 Å². The van der Waals surface area contributed by atoms with Crippen LogP contribution in [-0.4, -0.2) is 99.3 Å². The number of carbonyl (C=O) groups is 6. The van der Waals surface area contributed by atoms with Crippen molar-refractivity contribution < 1.29 is 33.9 Å². The quantitative estimate of drug-likeness (QED) is 0.110. The summed E-state index contributed by atoms with van der Waals surface area (Å²) in [4.78, 5) is 92.7. The number of hydrogen-bond acceptors (Lipinski definition) is 7. The van der Waals surface area contributed by atoms with Crippen LogP contribution < -0.4 is 26.6 Å². The van der Waals surface area contributed by atoms with Crippen LogP contribution in [0.25, 0.3) is 10.9 Å². The van der Waals surface area contributed by atoms with E-state index in [0.717, 1.165) is 33.2 Å². The Hall–Kier alpha value is -7.58. The number of aromatic amines is 1. The third kappa shape index (κ3) is 11.2. The van der Waals surface area contributed by atoms with Gasteiger partial charge in [0, 0.05) is 62.2 Å². The first-order valence-corrected chi connectivity index (χ1v) is 22.3. The van der Waals surface area contributed by atoms with Crippen molar-refractivity contribution in [1.82, 2.24) is 36.5 Å². The normalized spacial score (nSPS) is 23.4. The highest BCUT2D eigenvalue weighted by atomic mass is 16.3. The Labute approximate surface area is 382 Å². The van der Waals surface area contributed by atoms with Crippen molar-refractivity contribution in [3.63, 3.8) is 0 Å². The summed E-state index contributed by atoms with van der Waals surface area (Å²) in [6.45, 7) is -0.205. The van der Waals surface area contributed by atoms with Crippen molar-refractivity contribution >= 4 is 46.3 Å². The van der Waals surface area contributed by atoms with Gasteiger partial charge in [-0.25, -0.2) is 0 Å². The van der Waals surface area contributed by atoms with Gasteiger partial charge in [-0.2, -0.15) is 0 Å². The molecule has 0 radical (unpaired) electrons. The number of aliphatic hydroxyl groups is 1. The number of hydrogen-bond donors (Lipinski definition) is 7. The molecule has 66 heavy (non-hydrogen) atoms. The van der Waals surface area contributed by atoms with Crippen molar-refractivity contribution in [2.45, 2.75) is 80.9 Å². The largest absolute Gasteiger partial charge is 0.391 e. The molecule has 7 atom stereocenters. The van der Waals surface area contributed by atoms with E-state index in [1.165, 1.54) is 4.90 Å². The Balaban J connectivity index is 1.21. The fraction of sp³-hybridized carbons (Fsp3) is 0.269. The van der Waals surface area contributed by atoms with Gasteiger partial charge in [0.05, 0.1) is 6.10 Å². The van der Waals surface area contributed by atoms with Crippen LogP contribution in [0.5, 0.6) is 0 Å². The second kappa shape index (κ2) is 20.9. The number of aromatic nitrogens is 1. The lowest BCUT2D eigenvalue weighted by Gasteiger charge is -2.32. The number of fused-ring (bicyclic) bond motifs is 2. The number of para-hydroxylation sites is 1. The van der Waals surface area contributed by atoms with Gasteiger partial charge in [0.2, 0.25) is 35.4 Å². The molecular weight excluding hydrogens is 835 g/mol. The van der Waals surface area contributed by atoms with Gasteiger partial charge in [-0.05, 0) is 33.9 Å². The minimum atomic E-state index is -1.27. The lowest BCUT2D eigenvalue weighted by molar-refractivity contribution is -0.142. The maximum absolute atomic E-state index is 14.9. The van der Waals surface area contributed by atoms with E-state index in [2.05, 4.69) is 31.6 Å². The number of aliphatic hydroxyl groups excluding tert-OH is 1. The molecule has 8 rings (SSSR count). The maximum atomic E-state index is 14.9. The van der Waals surface area contributed by atoms with E-state index in [1.807, 2.05) is 133 Å². The van der Waals surface area contributed by atoms with Gasteiger partial charge < -0.3 is 41.6 Å². The van der Waals surface area contributed by atoms with E-state index in [4.69, 9.17) is 0 Å². The topological polar surface area (TPSA) is 202 Å². The first kappa shape index (κ1) is 45.0. The van der Waals surface area contributed by atoms with E-state index in [9.17, 15) is 33.9 Å². The number of rotatable bonds is 10.